The molecule has 0 fully saturated rings. The van der Waals surface area contributed by atoms with Gasteiger partial charge in [0.15, 0.2) is 0 Å². The van der Waals surface area contributed by atoms with E-state index in [0.29, 0.717) is 5.56 Å². The van der Waals surface area contributed by atoms with Crippen molar-refractivity contribution in [2.24, 2.45) is 5.92 Å². The number of benzene rings is 1. The van der Waals surface area contributed by atoms with Crippen LogP contribution in [-0.2, 0) is 19.7 Å². The highest BCUT2D eigenvalue weighted by Crippen LogP contribution is 2.36. The van der Waals surface area contributed by atoms with Crippen molar-refractivity contribution in [1.29, 1.82) is 0 Å². The van der Waals surface area contributed by atoms with Crippen LogP contribution in [0, 0.1) is 5.92 Å². The molecule has 0 radical (unpaired) electrons. The van der Waals surface area contributed by atoms with Gasteiger partial charge in [-0.3, -0.25) is 14.1 Å². The van der Waals surface area contributed by atoms with Gasteiger partial charge in [0.2, 0.25) is 0 Å². The molecule has 1 aromatic carbocycles. The molecule has 23 heavy (non-hydrogen) atoms. The molecule has 3 unspecified atom stereocenters. The molecule has 0 aliphatic heterocycles. The molecule has 7 nitrogen and oxygen atoms in total. The van der Waals surface area contributed by atoms with Gasteiger partial charge in [-0.1, -0.05) is 37.3 Å². The monoisotopic (exact) mass is 344 g/mol. The van der Waals surface area contributed by atoms with Crippen molar-refractivity contribution in [2.75, 3.05) is 0 Å². The molecule has 1 rings (SSSR count). The minimum absolute atomic E-state index is 0.00917. The molecule has 1 aromatic rings. The minimum atomic E-state index is -4.49. The van der Waals surface area contributed by atoms with E-state index in [1.165, 1.54) is 6.92 Å². The van der Waals surface area contributed by atoms with Gasteiger partial charge in [-0.2, -0.15) is 8.42 Å². The number of carbonyl (C=O) groups is 2. The first kappa shape index (κ1) is 19.1. The lowest BCUT2D eigenvalue weighted by molar-refractivity contribution is -0.143. The predicted octanol–water partition coefficient (Wildman–Crippen LogP) is 2.00. The van der Waals surface area contributed by atoms with Crippen molar-refractivity contribution in [3.63, 3.8) is 0 Å². The summed E-state index contributed by atoms with van der Waals surface area (Å²) >= 11 is 0. The number of rotatable bonds is 9. The summed E-state index contributed by atoms with van der Waals surface area (Å²) in [6.45, 7) is 1.53. The topological polar surface area (TPSA) is 129 Å². The number of carboxylic acid groups (broad SMARTS) is 2. The van der Waals surface area contributed by atoms with E-state index in [4.69, 9.17) is 5.11 Å². The van der Waals surface area contributed by atoms with Gasteiger partial charge in [-0.25, -0.2) is 0 Å². The van der Waals surface area contributed by atoms with Gasteiger partial charge in [0.05, 0.1) is 11.2 Å². The molecular weight excluding hydrogens is 324 g/mol. The Hall–Kier alpha value is -1.93. The molecule has 0 heterocycles. The first-order valence-corrected chi connectivity index (χ1v) is 8.64. The number of carboxylic acids is 2. The van der Waals surface area contributed by atoms with Crippen LogP contribution in [0.15, 0.2) is 30.3 Å². The van der Waals surface area contributed by atoms with E-state index in [1.807, 2.05) is 0 Å². The maximum atomic E-state index is 11.7. The van der Waals surface area contributed by atoms with Gasteiger partial charge in [0, 0.05) is 12.3 Å². The van der Waals surface area contributed by atoms with Gasteiger partial charge in [0.1, 0.15) is 0 Å². The smallest absolute Gasteiger partial charge is 0.307 e. The van der Waals surface area contributed by atoms with Crippen LogP contribution in [0.4, 0.5) is 0 Å². The summed E-state index contributed by atoms with van der Waals surface area (Å²) < 4.78 is 32.9. The summed E-state index contributed by atoms with van der Waals surface area (Å²) in [5.74, 6) is -4.72. The molecule has 0 aliphatic carbocycles. The van der Waals surface area contributed by atoms with Crippen LogP contribution in [0.5, 0.6) is 0 Å². The van der Waals surface area contributed by atoms with Crippen LogP contribution in [0.2, 0.25) is 0 Å². The fraction of sp³-hybridized carbons (Fsp3) is 0.467. The zero-order valence-electron chi connectivity index (χ0n) is 12.6. The second kappa shape index (κ2) is 8.07. The summed E-state index contributed by atoms with van der Waals surface area (Å²) in [6.07, 6.45) is -0.617. The lowest BCUT2D eigenvalue weighted by Crippen LogP contribution is -2.36. The van der Waals surface area contributed by atoms with Crippen LogP contribution in [0.1, 0.15) is 37.7 Å². The average molecular weight is 344 g/mol. The maximum Gasteiger partial charge on any atom is 0.307 e. The Morgan fingerprint density at radius 2 is 1.70 bits per heavy atom. The Morgan fingerprint density at radius 3 is 2.09 bits per heavy atom. The van der Waals surface area contributed by atoms with E-state index in [1.54, 1.807) is 30.3 Å². The maximum absolute atomic E-state index is 11.7. The first-order chi connectivity index (χ1) is 10.7. The summed E-state index contributed by atoms with van der Waals surface area (Å²) in [5.41, 5.74) is 0.440. The Bertz CT molecular complexity index is 639. The molecule has 0 bridgehead atoms. The zero-order valence-corrected chi connectivity index (χ0v) is 13.4. The molecule has 0 saturated heterocycles. The van der Waals surface area contributed by atoms with Crippen molar-refractivity contribution in [3.8, 4) is 0 Å². The third kappa shape index (κ3) is 5.33. The van der Waals surface area contributed by atoms with Gasteiger partial charge in [0.25, 0.3) is 10.1 Å². The third-order valence-electron chi connectivity index (χ3n) is 3.79. The highest BCUT2D eigenvalue weighted by molar-refractivity contribution is 7.86. The Labute approximate surface area is 134 Å². The van der Waals surface area contributed by atoms with E-state index < -0.39 is 45.6 Å². The molecule has 0 aliphatic rings. The molecular formula is C15H20O7S. The van der Waals surface area contributed by atoms with Crippen LogP contribution >= 0.6 is 0 Å². The SMILES string of the molecule is CCC(C(c1ccccc1)C(CCC(=O)O)C(=O)O)S(=O)(=O)O. The van der Waals surface area contributed by atoms with Crippen molar-refractivity contribution < 1.29 is 32.8 Å². The van der Waals surface area contributed by atoms with Crippen molar-refractivity contribution in [3.05, 3.63) is 35.9 Å². The van der Waals surface area contributed by atoms with Crippen LogP contribution in [-0.4, -0.2) is 40.4 Å². The van der Waals surface area contributed by atoms with E-state index in [-0.39, 0.29) is 12.8 Å². The fourth-order valence-corrected chi connectivity index (χ4v) is 3.91. The summed E-state index contributed by atoms with van der Waals surface area (Å²) in [5, 5.41) is 16.9. The zero-order chi connectivity index (χ0) is 17.6. The Kier molecular flexibility index (Phi) is 6.71. The van der Waals surface area contributed by atoms with Crippen molar-refractivity contribution in [2.45, 2.75) is 37.4 Å². The number of aliphatic carboxylic acids is 2. The van der Waals surface area contributed by atoms with E-state index >= 15 is 0 Å². The normalized spacial score (nSPS) is 15.6. The second-order valence-electron chi connectivity index (χ2n) is 5.28. The van der Waals surface area contributed by atoms with E-state index in [2.05, 4.69) is 0 Å². The lowest BCUT2D eigenvalue weighted by atomic mass is 9.80. The molecule has 0 spiro atoms. The third-order valence-corrected chi connectivity index (χ3v) is 5.18. The molecule has 0 aromatic heterocycles. The summed E-state index contributed by atoms with van der Waals surface area (Å²) in [6, 6.07) is 8.12. The van der Waals surface area contributed by atoms with E-state index in [0.717, 1.165) is 0 Å². The standard InChI is InChI=1S/C15H20O7S/c1-2-12(23(20,21)22)14(10-6-4-3-5-7-10)11(15(18)19)8-9-13(16)17/h3-7,11-12,14H,2,8-9H2,1H3,(H,16,17)(H,18,19)(H,20,21,22). The molecule has 3 N–H and O–H groups in total. The second-order valence-corrected chi connectivity index (χ2v) is 6.91. The Morgan fingerprint density at radius 1 is 1.13 bits per heavy atom. The summed E-state index contributed by atoms with van der Waals surface area (Å²) in [4.78, 5) is 22.4. The minimum Gasteiger partial charge on any atom is -0.481 e. The highest BCUT2D eigenvalue weighted by Gasteiger charge is 2.40. The predicted molar refractivity (Wildman–Crippen MR) is 82.8 cm³/mol. The van der Waals surface area contributed by atoms with Crippen molar-refractivity contribution >= 4 is 22.1 Å². The van der Waals surface area contributed by atoms with Crippen LogP contribution in [0.3, 0.4) is 0 Å². The molecule has 8 heteroatoms. The largest absolute Gasteiger partial charge is 0.481 e. The molecule has 0 amide bonds. The van der Waals surface area contributed by atoms with Crippen LogP contribution in [0.25, 0.3) is 0 Å². The molecule has 0 saturated carbocycles. The van der Waals surface area contributed by atoms with Crippen LogP contribution < -0.4 is 0 Å². The molecule has 128 valence electrons. The summed E-state index contributed by atoms with van der Waals surface area (Å²) in [7, 11) is -4.49. The van der Waals surface area contributed by atoms with Gasteiger partial charge in [-0.05, 0) is 18.4 Å². The van der Waals surface area contributed by atoms with Crippen molar-refractivity contribution in [1.82, 2.24) is 0 Å². The number of hydrogen-bond donors (Lipinski definition) is 3. The lowest BCUT2D eigenvalue weighted by Gasteiger charge is -2.29. The van der Waals surface area contributed by atoms with Gasteiger partial charge in [-0.15, -0.1) is 0 Å². The first-order valence-electron chi connectivity index (χ1n) is 7.14. The van der Waals surface area contributed by atoms with E-state index in [9.17, 15) is 27.7 Å². The fourth-order valence-electron chi connectivity index (χ4n) is 2.77. The quantitative estimate of drug-likeness (QED) is 0.584. The highest BCUT2D eigenvalue weighted by atomic mass is 32.2. The molecule has 3 atom stereocenters. The number of hydrogen-bond acceptors (Lipinski definition) is 4. The van der Waals surface area contributed by atoms with Gasteiger partial charge < -0.3 is 10.2 Å². The average Bonchev–Trinajstić information content (AvgIpc) is 2.45. The van der Waals surface area contributed by atoms with Gasteiger partial charge >= 0.3 is 11.9 Å². The Balaban J connectivity index is 3.36.